The summed E-state index contributed by atoms with van der Waals surface area (Å²) in [6, 6.07) is 3.95. The summed E-state index contributed by atoms with van der Waals surface area (Å²) >= 11 is 0. The van der Waals surface area contributed by atoms with Gasteiger partial charge in [0.25, 0.3) is 0 Å². The Bertz CT molecular complexity index is 481. The normalized spacial score (nSPS) is 17.5. The second kappa shape index (κ2) is 8.28. The number of aromatic nitrogens is 1. The molecule has 1 heterocycles. The summed E-state index contributed by atoms with van der Waals surface area (Å²) in [7, 11) is 4.06. The van der Waals surface area contributed by atoms with Gasteiger partial charge in [0.15, 0.2) is 0 Å². The molecule has 2 rings (SSSR count). The van der Waals surface area contributed by atoms with Crippen molar-refractivity contribution in [1.82, 2.24) is 9.88 Å². The molecule has 0 spiro atoms. The van der Waals surface area contributed by atoms with Crippen LogP contribution >= 0.6 is 0 Å². The van der Waals surface area contributed by atoms with Crippen LogP contribution in [0.25, 0.3) is 0 Å². The molecule has 1 aliphatic carbocycles. The van der Waals surface area contributed by atoms with E-state index in [1.54, 1.807) is 6.20 Å². The van der Waals surface area contributed by atoms with Crippen LogP contribution in [0.15, 0.2) is 18.3 Å². The zero-order valence-corrected chi connectivity index (χ0v) is 14.1. The van der Waals surface area contributed by atoms with Gasteiger partial charge in [-0.2, -0.15) is 0 Å². The molecule has 122 valence electrons. The molecule has 1 amide bonds. The van der Waals surface area contributed by atoms with Gasteiger partial charge in [-0.3, -0.25) is 4.79 Å². The van der Waals surface area contributed by atoms with Crippen molar-refractivity contribution in [2.24, 2.45) is 11.8 Å². The molecule has 4 heteroatoms. The first-order chi connectivity index (χ1) is 10.5. The molecule has 1 unspecified atom stereocenters. The highest BCUT2D eigenvalue weighted by Crippen LogP contribution is 2.31. The number of nitrogens with zero attached hydrogens (tertiary/aromatic N) is 2. The number of rotatable bonds is 6. The fourth-order valence-corrected chi connectivity index (χ4v) is 3.36. The Hall–Kier alpha value is -1.42. The molecule has 1 aromatic rings. The SMILES string of the molecule is CC(CC(=O)Nc1cc(CN(C)C)ccn1)C1CCCCC1. The van der Waals surface area contributed by atoms with Crippen LogP contribution in [-0.4, -0.2) is 29.9 Å². The fraction of sp³-hybridized carbons (Fsp3) is 0.667. The van der Waals surface area contributed by atoms with Crippen molar-refractivity contribution in [2.45, 2.75) is 52.0 Å². The van der Waals surface area contributed by atoms with Gasteiger partial charge >= 0.3 is 0 Å². The van der Waals surface area contributed by atoms with E-state index in [1.165, 1.54) is 32.1 Å². The number of carbonyl (C=O) groups is 1. The largest absolute Gasteiger partial charge is 0.311 e. The van der Waals surface area contributed by atoms with Crippen molar-refractivity contribution in [3.8, 4) is 0 Å². The molecule has 1 atom stereocenters. The van der Waals surface area contributed by atoms with Gasteiger partial charge in [0, 0.05) is 19.2 Å². The van der Waals surface area contributed by atoms with Crippen LogP contribution < -0.4 is 5.32 Å². The second-order valence-corrected chi connectivity index (χ2v) is 6.91. The highest BCUT2D eigenvalue weighted by atomic mass is 16.1. The van der Waals surface area contributed by atoms with Gasteiger partial charge in [-0.15, -0.1) is 0 Å². The third-order valence-electron chi connectivity index (χ3n) is 4.55. The zero-order valence-electron chi connectivity index (χ0n) is 14.1. The Kier molecular flexibility index (Phi) is 6.37. The van der Waals surface area contributed by atoms with Crippen molar-refractivity contribution in [3.05, 3.63) is 23.9 Å². The lowest BCUT2D eigenvalue weighted by atomic mass is 9.79. The minimum absolute atomic E-state index is 0.0903. The van der Waals surface area contributed by atoms with Crippen LogP contribution in [-0.2, 0) is 11.3 Å². The van der Waals surface area contributed by atoms with Gasteiger partial charge in [0.05, 0.1) is 0 Å². The van der Waals surface area contributed by atoms with E-state index in [0.29, 0.717) is 24.1 Å². The molecule has 4 nitrogen and oxygen atoms in total. The maximum atomic E-state index is 12.2. The van der Waals surface area contributed by atoms with E-state index in [1.807, 2.05) is 26.2 Å². The summed E-state index contributed by atoms with van der Waals surface area (Å²) in [6.45, 7) is 3.06. The van der Waals surface area contributed by atoms with E-state index in [4.69, 9.17) is 0 Å². The van der Waals surface area contributed by atoms with Gasteiger partial charge in [0.1, 0.15) is 5.82 Å². The van der Waals surface area contributed by atoms with Crippen LogP contribution in [0.4, 0.5) is 5.82 Å². The van der Waals surface area contributed by atoms with Gasteiger partial charge in [-0.05, 0) is 43.6 Å². The molecule has 0 saturated heterocycles. The van der Waals surface area contributed by atoms with Gasteiger partial charge in [-0.25, -0.2) is 4.98 Å². The summed E-state index contributed by atoms with van der Waals surface area (Å²) in [6.07, 6.45) is 8.94. The lowest BCUT2D eigenvalue weighted by molar-refractivity contribution is -0.117. The lowest BCUT2D eigenvalue weighted by Gasteiger charge is -2.27. The van der Waals surface area contributed by atoms with Gasteiger partial charge < -0.3 is 10.2 Å². The van der Waals surface area contributed by atoms with Gasteiger partial charge in [0.2, 0.25) is 5.91 Å². The molecular formula is C18H29N3O. The number of nitrogens with one attached hydrogen (secondary N) is 1. The molecule has 1 aliphatic rings. The molecule has 1 N–H and O–H groups in total. The molecule has 1 aromatic heterocycles. The van der Waals surface area contributed by atoms with E-state index in [0.717, 1.165) is 12.1 Å². The molecule has 22 heavy (non-hydrogen) atoms. The van der Waals surface area contributed by atoms with Crippen molar-refractivity contribution in [3.63, 3.8) is 0 Å². The van der Waals surface area contributed by atoms with E-state index < -0.39 is 0 Å². The number of hydrogen-bond acceptors (Lipinski definition) is 3. The maximum absolute atomic E-state index is 12.2. The molecule has 0 radical (unpaired) electrons. The zero-order chi connectivity index (χ0) is 15.9. The highest BCUT2D eigenvalue weighted by molar-refractivity contribution is 5.89. The Labute approximate surface area is 134 Å². The molecule has 0 bridgehead atoms. The van der Waals surface area contributed by atoms with Crippen LogP contribution in [0.2, 0.25) is 0 Å². The summed E-state index contributed by atoms with van der Waals surface area (Å²) in [4.78, 5) is 18.6. The summed E-state index contributed by atoms with van der Waals surface area (Å²) in [5, 5.41) is 2.96. The molecule has 1 fully saturated rings. The Morgan fingerprint density at radius 3 is 2.77 bits per heavy atom. The Morgan fingerprint density at radius 2 is 2.09 bits per heavy atom. The van der Waals surface area contributed by atoms with Crippen LogP contribution in [0.1, 0.15) is 51.0 Å². The maximum Gasteiger partial charge on any atom is 0.225 e. The number of carbonyl (C=O) groups excluding carboxylic acids is 1. The molecular weight excluding hydrogens is 274 g/mol. The smallest absolute Gasteiger partial charge is 0.225 e. The summed E-state index contributed by atoms with van der Waals surface area (Å²) in [5.41, 5.74) is 1.16. The van der Waals surface area contributed by atoms with Crippen LogP contribution in [0.3, 0.4) is 0 Å². The van der Waals surface area contributed by atoms with Crippen molar-refractivity contribution in [2.75, 3.05) is 19.4 Å². The predicted octanol–water partition coefficient (Wildman–Crippen LogP) is 3.69. The van der Waals surface area contributed by atoms with E-state index in [2.05, 4.69) is 22.1 Å². The third kappa shape index (κ3) is 5.41. The number of pyridine rings is 1. The quantitative estimate of drug-likeness (QED) is 0.872. The lowest BCUT2D eigenvalue weighted by Crippen LogP contribution is -2.22. The Morgan fingerprint density at radius 1 is 1.36 bits per heavy atom. The number of amides is 1. The summed E-state index contributed by atoms with van der Waals surface area (Å²) in [5.74, 6) is 1.94. The van der Waals surface area contributed by atoms with E-state index in [-0.39, 0.29) is 5.91 Å². The first-order valence-corrected chi connectivity index (χ1v) is 8.44. The van der Waals surface area contributed by atoms with E-state index >= 15 is 0 Å². The standard InChI is InChI=1S/C18H29N3O/c1-14(16-7-5-4-6-8-16)11-18(22)20-17-12-15(9-10-19-17)13-21(2)3/h9-10,12,14,16H,4-8,11,13H2,1-3H3,(H,19,20,22). The number of anilines is 1. The van der Waals surface area contributed by atoms with Crippen LogP contribution in [0, 0.1) is 11.8 Å². The average Bonchev–Trinajstić information content (AvgIpc) is 2.47. The molecule has 1 saturated carbocycles. The summed E-state index contributed by atoms with van der Waals surface area (Å²) < 4.78 is 0. The Balaban J connectivity index is 1.85. The van der Waals surface area contributed by atoms with Crippen LogP contribution in [0.5, 0.6) is 0 Å². The van der Waals surface area contributed by atoms with Crippen molar-refractivity contribution in [1.29, 1.82) is 0 Å². The molecule has 0 aromatic carbocycles. The second-order valence-electron chi connectivity index (χ2n) is 6.91. The van der Waals surface area contributed by atoms with Gasteiger partial charge in [-0.1, -0.05) is 39.0 Å². The number of hydrogen-bond donors (Lipinski definition) is 1. The monoisotopic (exact) mass is 303 g/mol. The fourth-order valence-electron chi connectivity index (χ4n) is 3.36. The molecule has 0 aliphatic heterocycles. The average molecular weight is 303 g/mol. The minimum atomic E-state index is 0.0903. The topological polar surface area (TPSA) is 45.2 Å². The van der Waals surface area contributed by atoms with Crippen molar-refractivity contribution < 1.29 is 4.79 Å². The third-order valence-corrected chi connectivity index (χ3v) is 4.55. The highest BCUT2D eigenvalue weighted by Gasteiger charge is 2.22. The predicted molar refractivity (Wildman–Crippen MR) is 90.6 cm³/mol. The minimum Gasteiger partial charge on any atom is -0.311 e. The van der Waals surface area contributed by atoms with E-state index in [9.17, 15) is 4.79 Å². The van der Waals surface area contributed by atoms with Crippen molar-refractivity contribution >= 4 is 11.7 Å². The first-order valence-electron chi connectivity index (χ1n) is 8.44. The first kappa shape index (κ1) is 16.9.